The predicted molar refractivity (Wildman–Crippen MR) is 88.9 cm³/mol. The summed E-state index contributed by atoms with van der Waals surface area (Å²) in [6.07, 6.45) is 0. The second-order valence-corrected chi connectivity index (χ2v) is 6.85. The molecule has 2 rings (SSSR count). The smallest absolute Gasteiger partial charge is 0.252 e. The second kappa shape index (κ2) is 6.79. The van der Waals surface area contributed by atoms with Crippen LogP contribution in [0.15, 0.2) is 46.3 Å². The average Bonchev–Trinajstić information content (AvgIpc) is 2.44. The Morgan fingerprint density at radius 1 is 1.27 bits per heavy atom. The zero-order valence-electron chi connectivity index (χ0n) is 12.8. The summed E-state index contributed by atoms with van der Waals surface area (Å²) < 4.78 is 0. The van der Waals surface area contributed by atoms with Gasteiger partial charge in [0.25, 0.3) is 5.56 Å². The number of rotatable bonds is 4. The van der Waals surface area contributed by atoms with Crippen LogP contribution in [0.4, 0.5) is 0 Å². The fraction of sp³-hybridized carbons (Fsp3) is 0.312. The van der Waals surface area contributed by atoms with Crippen LogP contribution in [-0.4, -0.2) is 27.2 Å². The van der Waals surface area contributed by atoms with Crippen molar-refractivity contribution in [2.24, 2.45) is 0 Å². The Balaban J connectivity index is 2.11. The minimum atomic E-state index is -0.273. The van der Waals surface area contributed by atoms with Gasteiger partial charge in [0.2, 0.25) is 5.91 Å². The molecular formula is C16H19N3O2S. The number of hydrogen-bond acceptors (Lipinski definition) is 4. The highest BCUT2D eigenvalue weighted by Crippen LogP contribution is 2.18. The van der Waals surface area contributed by atoms with Gasteiger partial charge in [0, 0.05) is 17.2 Å². The predicted octanol–water partition coefficient (Wildman–Crippen LogP) is 2.44. The number of amides is 1. The summed E-state index contributed by atoms with van der Waals surface area (Å²) in [5.41, 5.74) is 0.968. The molecule has 0 saturated heterocycles. The third-order valence-electron chi connectivity index (χ3n) is 2.64. The summed E-state index contributed by atoms with van der Waals surface area (Å²) in [6.45, 7) is 5.77. The molecule has 0 aliphatic rings. The lowest BCUT2D eigenvalue weighted by Gasteiger charge is -2.20. The zero-order valence-corrected chi connectivity index (χ0v) is 13.7. The van der Waals surface area contributed by atoms with Crippen molar-refractivity contribution in [3.8, 4) is 11.3 Å². The van der Waals surface area contributed by atoms with Crippen molar-refractivity contribution >= 4 is 17.7 Å². The summed E-state index contributed by atoms with van der Waals surface area (Å²) in [6, 6.07) is 10.9. The Hall–Kier alpha value is -2.08. The SMILES string of the molecule is CC(C)(C)NC(=O)CSc1nc(-c2ccccc2)cc(=O)[nH]1. The number of carbonyl (C=O) groups is 1. The van der Waals surface area contributed by atoms with E-state index in [1.165, 1.54) is 17.8 Å². The van der Waals surface area contributed by atoms with Crippen LogP contribution in [0, 0.1) is 0 Å². The van der Waals surface area contributed by atoms with Crippen LogP contribution in [-0.2, 0) is 4.79 Å². The summed E-state index contributed by atoms with van der Waals surface area (Å²) in [7, 11) is 0. The third kappa shape index (κ3) is 5.04. The molecule has 1 aromatic heterocycles. The number of benzene rings is 1. The van der Waals surface area contributed by atoms with Crippen LogP contribution in [0.2, 0.25) is 0 Å². The van der Waals surface area contributed by atoms with Crippen molar-refractivity contribution in [3.63, 3.8) is 0 Å². The lowest BCUT2D eigenvalue weighted by atomic mass is 10.1. The fourth-order valence-electron chi connectivity index (χ4n) is 1.85. The number of carbonyl (C=O) groups excluding carboxylic acids is 1. The van der Waals surface area contributed by atoms with Gasteiger partial charge < -0.3 is 10.3 Å². The first-order chi connectivity index (χ1) is 10.3. The van der Waals surface area contributed by atoms with Crippen LogP contribution < -0.4 is 10.9 Å². The van der Waals surface area contributed by atoms with Gasteiger partial charge in [-0.25, -0.2) is 4.98 Å². The molecule has 116 valence electrons. The maximum atomic E-state index is 11.8. The molecule has 1 heterocycles. The topological polar surface area (TPSA) is 74.8 Å². The normalized spacial score (nSPS) is 11.2. The standard InChI is InChI=1S/C16H19N3O2S/c1-16(2,3)19-14(21)10-22-15-17-12(9-13(20)18-15)11-7-5-4-6-8-11/h4-9H,10H2,1-3H3,(H,19,21)(H,17,18,20). The van der Waals surface area contributed by atoms with E-state index in [9.17, 15) is 9.59 Å². The minimum absolute atomic E-state index is 0.0923. The summed E-state index contributed by atoms with van der Waals surface area (Å²) >= 11 is 1.21. The maximum Gasteiger partial charge on any atom is 0.252 e. The van der Waals surface area contributed by atoms with E-state index < -0.39 is 0 Å². The van der Waals surface area contributed by atoms with Crippen molar-refractivity contribution in [3.05, 3.63) is 46.8 Å². The van der Waals surface area contributed by atoms with Crippen LogP contribution in [0.1, 0.15) is 20.8 Å². The first kappa shape index (κ1) is 16.3. The lowest BCUT2D eigenvalue weighted by molar-refractivity contribution is -0.119. The Bertz CT molecular complexity index is 705. The third-order valence-corrected chi connectivity index (χ3v) is 3.52. The van der Waals surface area contributed by atoms with Crippen LogP contribution >= 0.6 is 11.8 Å². The number of H-pyrrole nitrogens is 1. The van der Waals surface area contributed by atoms with E-state index in [1.54, 1.807) is 0 Å². The van der Waals surface area contributed by atoms with E-state index in [1.807, 2.05) is 51.1 Å². The molecule has 1 aromatic carbocycles. The van der Waals surface area contributed by atoms with Gasteiger partial charge in [-0.15, -0.1) is 0 Å². The molecule has 0 aliphatic heterocycles. The molecule has 5 nitrogen and oxygen atoms in total. The number of thioether (sulfide) groups is 1. The quantitative estimate of drug-likeness (QED) is 0.671. The summed E-state index contributed by atoms with van der Waals surface area (Å²) in [5, 5.41) is 3.31. The van der Waals surface area contributed by atoms with Gasteiger partial charge in [-0.2, -0.15) is 0 Å². The molecule has 1 amide bonds. The Kier molecular flexibility index (Phi) is 5.03. The molecule has 22 heavy (non-hydrogen) atoms. The molecule has 6 heteroatoms. The van der Waals surface area contributed by atoms with Gasteiger partial charge in [-0.1, -0.05) is 42.1 Å². The monoisotopic (exact) mass is 317 g/mol. The van der Waals surface area contributed by atoms with E-state index in [2.05, 4.69) is 15.3 Å². The number of aromatic nitrogens is 2. The highest BCUT2D eigenvalue weighted by molar-refractivity contribution is 7.99. The van der Waals surface area contributed by atoms with E-state index in [0.717, 1.165) is 5.56 Å². The molecule has 2 aromatic rings. The highest BCUT2D eigenvalue weighted by atomic mass is 32.2. The molecule has 0 saturated carbocycles. The molecule has 0 fully saturated rings. The molecule has 2 N–H and O–H groups in total. The molecule has 0 atom stereocenters. The largest absolute Gasteiger partial charge is 0.351 e. The second-order valence-electron chi connectivity index (χ2n) is 5.89. The first-order valence-electron chi connectivity index (χ1n) is 6.94. The van der Waals surface area contributed by atoms with Gasteiger partial charge in [-0.3, -0.25) is 9.59 Å². The Labute approximate surface area is 133 Å². The lowest BCUT2D eigenvalue weighted by Crippen LogP contribution is -2.41. The highest BCUT2D eigenvalue weighted by Gasteiger charge is 2.14. The number of aromatic amines is 1. The van der Waals surface area contributed by atoms with Gasteiger partial charge in [0.15, 0.2) is 5.16 Å². The van der Waals surface area contributed by atoms with Crippen molar-refractivity contribution in [2.75, 3.05) is 5.75 Å². The molecule has 0 bridgehead atoms. The van der Waals surface area contributed by atoms with Crippen molar-refractivity contribution < 1.29 is 4.79 Å². The van der Waals surface area contributed by atoms with Gasteiger partial charge in [0.1, 0.15) is 0 Å². The number of nitrogens with zero attached hydrogens (tertiary/aromatic N) is 1. The molecule has 0 spiro atoms. The molecule has 0 unspecified atom stereocenters. The number of hydrogen-bond donors (Lipinski definition) is 2. The fourth-order valence-corrected chi connectivity index (χ4v) is 2.52. The molecular weight excluding hydrogens is 298 g/mol. The van der Waals surface area contributed by atoms with Crippen molar-refractivity contribution in [2.45, 2.75) is 31.5 Å². The zero-order chi connectivity index (χ0) is 16.2. The molecule has 0 aliphatic carbocycles. The summed E-state index contributed by atoms with van der Waals surface area (Å²) in [5.74, 6) is 0.114. The van der Waals surface area contributed by atoms with Crippen LogP contribution in [0.5, 0.6) is 0 Å². The molecule has 0 radical (unpaired) electrons. The Morgan fingerprint density at radius 2 is 1.95 bits per heavy atom. The van der Waals surface area contributed by atoms with Gasteiger partial charge in [0.05, 0.1) is 11.4 Å². The average molecular weight is 317 g/mol. The van der Waals surface area contributed by atoms with E-state index in [0.29, 0.717) is 10.9 Å². The maximum absolute atomic E-state index is 11.8. The number of nitrogens with one attached hydrogen (secondary N) is 2. The van der Waals surface area contributed by atoms with E-state index in [4.69, 9.17) is 0 Å². The van der Waals surface area contributed by atoms with Crippen LogP contribution in [0.3, 0.4) is 0 Å². The van der Waals surface area contributed by atoms with Crippen molar-refractivity contribution in [1.29, 1.82) is 0 Å². The van der Waals surface area contributed by atoms with Gasteiger partial charge >= 0.3 is 0 Å². The van der Waals surface area contributed by atoms with Crippen LogP contribution in [0.25, 0.3) is 11.3 Å². The van der Waals surface area contributed by atoms with Crippen molar-refractivity contribution in [1.82, 2.24) is 15.3 Å². The van der Waals surface area contributed by atoms with E-state index in [-0.39, 0.29) is 22.8 Å². The van der Waals surface area contributed by atoms with E-state index >= 15 is 0 Å². The minimum Gasteiger partial charge on any atom is -0.351 e. The van der Waals surface area contributed by atoms with Gasteiger partial charge in [-0.05, 0) is 20.8 Å². The first-order valence-corrected chi connectivity index (χ1v) is 7.93. The summed E-state index contributed by atoms with van der Waals surface area (Å²) in [4.78, 5) is 30.6. The Morgan fingerprint density at radius 3 is 2.59 bits per heavy atom.